The molecule has 2 aromatic rings. The number of aryl methyl sites for hydroxylation is 2. The van der Waals surface area contributed by atoms with Crippen molar-refractivity contribution in [1.82, 2.24) is 20.1 Å². The minimum Gasteiger partial charge on any atom is -0.340 e. The van der Waals surface area contributed by atoms with E-state index in [1.807, 2.05) is 4.90 Å². The number of amides is 1. The lowest BCUT2D eigenvalue weighted by atomic mass is 10.1. The molecule has 162 valence electrons. The molecule has 1 aliphatic heterocycles. The standard InChI is InChI=1S/C21H30N4OS.2ClH/c1-15-5-7-18(8-6-15)21-23-16(2)20(27-21)17(3)24(4)12-9-19(26)25-13-10-22-11-14-25;;/h5-8,17,22H,9-14H2,1-4H3;2*1H. The van der Waals surface area contributed by atoms with E-state index in [0.29, 0.717) is 6.42 Å². The fraction of sp³-hybridized carbons (Fsp3) is 0.524. The van der Waals surface area contributed by atoms with Crippen molar-refractivity contribution < 1.29 is 4.79 Å². The summed E-state index contributed by atoms with van der Waals surface area (Å²) in [7, 11) is 2.10. The molecule has 29 heavy (non-hydrogen) atoms. The van der Waals surface area contributed by atoms with E-state index in [9.17, 15) is 4.79 Å². The molecule has 0 spiro atoms. The van der Waals surface area contributed by atoms with Gasteiger partial charge in [-0.25, -0.2) is 4.98 Å². The van der Waals surface area contributed by atoms with E-state index in [1.54, 1.807) is 11.3 Å². The van der Waals surface area contributed by atoms with Crippen LogP contribution in [-0.2, 0) is 4.79 Å². The van der Waals surface area contributed by atoms with Crippen LogP contribution in [0.3, 0.4) is 0 Å². The maximum absolute atomic E-state index is 12.4. The highest BCUT2D eigenvalue weighted by Gasteiger charge is 2.21. The Morgan fingerprint density at radius 1 is 1.21 bits per heavy atom. The van der Waals surface area contributed by atoms with Crippen molar-refractivity contribution in [3.8, 4) is 10.6 Å². The molecule has 3 rings (SSSR count). The van der Waals surface area contributed by atoms with Crippen molar-refractivity contribution in [1.29, 1.82) is 0 Å². The number of carbonyl (C=O) groups is 1. The zero-order valence-corrected chi connectivity index (χ0v) is 20.1. The zero-order valence-electron chi connectivity index (χ0n) is 17.6. The van der Waals surface area contributed by atoms with E-state index in [2.05, 4.69) is 62.3 Å². The average molecular weight is 459 g/mol. The predicted molar refractivity (Wildman–Crippen MR) is 127 cm³/mol. The number of thiazole rings is 1. The Morgan fingerprint density at radius 3 is 2.45 bits per heavy atom. The Labute approximate surface area is 190 Å². The highest BCUT2D eigenvalue weighted by atomic mass is 35.5. The Bertz CT molecular complexity index is 775. The second-order valence-corrected chi connectivity index (χ2v) is 8.40. The van der Waals surface area contributed by atoms with Crippen LogP contribution in [0.5, 0.6) is 0 Å². The van der Waals surface area contributed by atoms with E-state index >= 15 is 0 Å². The molecule has 1 aromatic heterocycles. The molecule has 1 unspecified atom stereocenters. The number of benzene rings is 1. The fourth-order valence-corrected chi connectivity index (χ4v) is 4.54. The van der Waals surface area contributed by atoms with Crippen LogP contribution < -0.4 is 5.32 Å². The summed E-state index contributed by atoms with van der Waals surface area (Å²) in [5, 5.41) is 4.36. The van der Waals surface area contributed by atoms with E-state index in [-0.39, 0.29) is 36.8 Å². The molecule has 2 heterocycles. The van der Waals surface area contributed by atoms with Crippen LogP contribution in [-0.4, -0.2) is 60.5 Å². The first kappa shape index (κ1) is 25.9. The van der Waals surface area contributed by atoms with Gasteiger partial charge in [-0.1, -0.05) is 29.8 Å². The van der Waals surface area contributed by atoms with Gasteiger partial charge in [-0.05, 0) is 27.8 Å². The Balaban J connectivity index is 0.00000210. The number of nitrogens with zero attached hydrogens (tertiary/aromatic N) is 3. The molecule has 1 aromatic carbocycles. The van der Waals surface area contributed by atoms with Gasteiger partial charge in [-0.3, -0.25) is 9.69 Å². The maximum atomic E-state index is 12.4. The summed E-state index contributed by atoms with van der Waals surface area (Å²) in [4.78, 5) is 22.7. The molecular formula is C21H32Cl2N4OS. The van der Waals surface area contributed by atoms with Crippen molar-refractivity contribution >= 4 is 42.1 Å². The van der Waals surface area contributed by atoms with Gasteiger partial charge in [0.15, 0.2) is 0 Å². The third-order valence-electron chi connectivity index (χ3n) is 5.32. The largest absolute Gasteiger partial charge is 0.340 e. The van der Waals surface area contributed by atoms with Crippen molar-refractivity contribution in [2.45, 2.75) is 33.2 Å². The lowest BCUT2D eigenvalue weighted by Gasteiger charge is -2.29. The average Bonchev–Trinajstić information content (AvgIpc) is 3.08. The van der Waals surface area contributed by atoms with Crippen LogP contribution in [0.15, 0.2) is 24.3 Å². The third-order valence-corrected chi connectivity index (χ3v) is 6.70. The number of rotatable bonds is 6. The molecule has 0 radical (unpaired) electrons. The van der Waals surface area contributed by atoms with Gasteiger partial charge < -0.3 is 10.2 Å². The monoisotopic (exact) mass is 458 g/mol. The van der Waals surface area contributed by atoms with E-state index in [1.165, 1.54) is 16.0 Å². The highest BCUT2D eigenvalue weighted by molar-refractivity contribution is 7.15. The number of halogens is 2. The molecule has 5 nitrogen and oxygen atoms in total. The van der Waals surface area contributed by atoms with Crippen LogP contribution in [0, 0.1) is 13.8 Å². The van der Waals surface area contributed by atoms with Crippen LogP contribution in [0.1, 0.15) is 35.5 Å². The summed E-state index contributed by atoms with van der Waals surface area (Å²) in [5.74, 6) is 0.261. The molecule has 1 fully saturated rings. The first-order valence-electron chi connectivity index (χ1n) is 9.69. The summed E-state index contributed by atoms with van der Waals surface area (Å²) in [6.45, 7) is 10.6. The number of carbonyl (C=O) groups excluding carboxylic acids is 1. The number of nitrogens with one attached hydrogen (secondary N) is 1. The minimum atomic E-state index is 0. The molecule has 1 atom stereocenters. The number of hydrogen-bond donors (Lipinski definition) is 1. The molecule has 8 heteroatoms. The van der Waals surface area contributed by atoms with Gasteiger partial charge in [0.2, 0.25) is 5.91 Å². The van der Waals surface area contributed by atoms with Crippen molar-refractivity contribution in [2.24, 2.45) is 0 Å². The second-order valence-electron chi connectivity index (χ2n) is 7.37. The second kappa shape index (κ2) is 11.9. The molecule has 1 saturated heterocycles. The van der Waals surface area contributed by atoms with Gasteiger partial charge in [0.25, 0.3) is 0 Å². The van der Waals surface area contributed by atoms with Gasteiger partial charge in [0.05, 0.1) is 5.69 Å². The number of aromatic nitrogens is 1. The predicted octanol–water partition coefficient (Wildman–Crippen LogP) is 4.09. The van der Waals surface area contributed by atoms with E-state index < -0.39 is 0 Å². The first-order valence-corrected chi connectivity index (χ1v) is 10.5. The van der Waals surface area contributed by atoms with E-state index in [4.69, 9.17) is 4.98 Å². The molecule has 0 saturated carbocycles. The highest BCUT2D eigenvalue weighted by Crippen LogP contribution is 2.34. The lowest BCUT2D eigenvalue weighted by molar-refractivity contribution is -0.132. The Hall–Kier alpha value is -1.18. The van der Waals surface area contributed by atoms with Crippen LogP contribution in [0.4, 0.5) is 0 Å². The topological polar surface area (TPSA) is 48.5 Å². The fourth-order valence-electron chi connectivity index (χ4n) is 3.35. The summed E-state index contributed by atoms with van der Waals surface area (Å²) >= 11 is 1.76. The number of hydrogen-bond acceptors (Lipinski definition) is 5. The molecule has 1 aliphatic rings. The lowest BCUT2D eigenvalue weighted by Crippen LogP contribution is -2.47. The summed E-state index contributed by atoms with van der Waals surface area (Å²) in [5.41, 5.74) is 3.52. The summed E-state index contributed by atoms with van der Waals surface area (Å²) in [6, 6.07) is 8.78. The van der Waals surface area contributed by atoms with Crippen LogP contribution in [0.25, 0.3) is 10.6 Å². The van der Waals surface area contributed by atoms with Crippen molar-refractivity contribution in [3.63, 3.8) is 0 Å². The van der Waals surface area contributed by atoms with Crippen LogP contribution >= 0.6 is 36.2 Å². The van der Waals surface area contributed by atoms with Gasteiger partial charge in [0, 0.05) is 55.6 Å². The smallest absolute Gasteiger partial charge is 0.223 e. The van der Waals surface area contributed by atoms with Crippen molar-refractivity contribution in [3.05, 3.63) is 40.4 Å². The molecule has 0 bridgehead atoms. The molecular weight excluding hydrogens is 427 g/mol. The SMILES string of the molecule is Cc1ccc(-c2nc(C)c(C(C)N(C)CCC(=O)N3CCNCC3)s2)cc1.Cl.Cl. The normalized spacial score (nSPS) is 14.9. The Morgan fingerprint density at radius 2 is 1.83 bits per heavy atom. The quantitative estimate of drug-likeness (QED) is 0.707. The third kappa shape index (κ3) is 6.66. The minimum absolute atomic E-state index is 0. The first-order chi connectivity index (χ1) is 13.0. The van der Waals surface area contributed by atoms with Gasteiger partial charge in [0.1, 0.15) is 5.01 Å². The van der Waals surface area contributed by atoms with Crippen molar-refractivity contribution in [2.75, 3.05) is 39.8 Å². The molecule has 0 aliphatic carbocycles. The number of piperazine rings is 1. The summed E-state index contributed by atoms with van der Waals surface area (Å²) in [6.07, 6.45) is 0.573. The summed E-state index contributed by atoms with van der Waals surface area (Å²) < 4.78 is 0. The molecule has 1 N–H and O–H groups in total. The maximum Gasteiger partial charge on any atom is 0.223 e. The van der Waals surface area contributed by atoms with Gasteiger partial charge in [-0.15, -0.1) is 36.2 Å². The zero-order chi connectivity index (χ0) is 19.4. The Kier molecular flexibility index (Phi) is 10.6. The van der Waals surface area contributed by atoms with Gasteiger partial charge in [-0.2, -0.15) is 0 Å². The van der Waals surface area contributed by atoms with Gasteiger partial charge >= 0.3 is 0 Å². The molecule has 1 amide bonds. The van der Waals surface area contributed by atoms with Crippen LogP contribution in [0.2, 0.25) is 0 Å². The van der Waals surface area contributed by atoms with E-state index in [0.717, 1.165) is 43.4 Å².